The van der Waals surface area contributed by atoms with E-state index in [0.717, 1.165) is 22.3 Å². The lowest BCUT2D eigenvalue weighted by molar-refractivity contribution is -0.384. The van der Waals surface area contributed by atoms with Crippen LogP contribution in [0.15, 0.2) is 72.8 Å². The summed E-state index contributed by atoms with van der Waals surface area (Å²) >= 11 is 0. The minimum Gasteiger partial charge on any atom is -0.481 e. The highest BCUT2D eigenvalue weighted by Crippen LogP contribution is 2.44. The number of nitrogens with two attached hydrogens (primary N) is 1. The average molecular weight is 446 g/mol. The standard InChI is InChI=1S/C25H22N2O6/c26-22(13-23(28)29)24(15-9-11-16(12-10-15)27(31)32)25(30)33-14-21-19-7-3-1-5-17(19)18-6-2-4-8-20(18)21/h1-12,21-22,24H,13-14,26H2,(H,28,29)/t22-,24-/m0/s1. The Labute approximate surface area is 189 Å². The van der Waals surface area contributed by atoms with Crippen molar-refractivity contribution >= 4 is 17.6 Å². The highest BCUT2D eigenvalue weighted by molar-refractivity contribution is 5.82. The molecule has 2 atom stereocenters. The minimum absolute atomic E-state index is 0.0656. The zero-order chi connectivity index (χ0) is 23.5. The van der Waals surface area contributed by atoms with Crippen LogP contribution in [0.3, 0.4) is 0 Å². The smallest absolute Gasteiger partial charge is 0.315 e. The molecule has 0 spiro atoms. The monoisotopic (exact) mass is 446 g/mol. The number of hydrogen-bond acceptors (Lipinski definition) is 6. The van der Waals surface area contributed by atoms with E-state index >= 15 is 0 Å². The maximum atomic E-state index is 13.1. The summed E-state index contributed by atoms with van der Waals surface area (Å²) in [6, 6.07) is 20.1. The molecule has 1 aliphatic rings. The van der Waals surface area contributed by atoms with Crippen LogP contribution in [0.1, 0.15) is 34.9 Å². The van der Waals surface area contributed by atoms with Crippen molar-refractivity contribution in [2.45, 2.75) is 24.3 Å². The van der Waals surface area contributed by atoms with Crippen molar-refractivity contribution in [1.82, 2.24) is 0 Å². The molecule has 3 aromatic carbocycles. The van der Waals surface area contributed by atoms with Gasteiger partial charge in [0.15, 0.2) is 0 Å². The lowest BCUT2D eigenvalue weighted by Crippen LogP contribution is -2.37. The number of nitro groups is 1. The molecule has 3 aromatic rings. The Balaban J connectivity index is 1.58. The molecule has 0 saturated carbocycles. The van der Waals surface area contributed by atoms with Gasteiger partial charge in [0.05, 0.1) is 17.3 Å². The fourth-order valence-electron chi connectivity index (χ4n) is 4.38. The number of carboxylic acid groups (broad SMARTS) is 1. The normalized spacial score (nSPS) is 14.1. The number of ether oxygens (including phenoxy) is 1. The van der Waals surface area contributed by atoms with Crippen LogP contribution in [0.4, 0.5) is 5.69 Å². The fourth-order valence-corrected chi connectivity index (χ4v) is 4.38. The van der Waals surface area contributed by atoms with Gasteiger partial charge in [-0.2, -0.15) is 0 Å². The van der Waals surface area contributed by atoms with Crippen LogP contribution >= 0.6 is 0 Å². The van der Waals surface area contributed by atoms with E-state index in [0.29, 0.717) is 5.56 Å². The summed E-state index contributed by atoms with van der Waals surface area (Å²) in [7, 11) is 0. The van der Waals surface area contributed by atoms with Crippen LogP contribution in [0, 0.1) is 10.1 Å². The molecule has 0 saturated heterocycles. The van der Waals surface area contributed by atoms with Gasteiger partial charge in [-0.15, -0.1) is 0 Å². The average Bonchev–Trinajstić information content (AvgIpc) is 3.11. The third-order valence-corrected chi connectivity index (χ3v) is 5.91. The highest BCUT2D eigenvalue weighted by Gasteiger charge is 2.34. The van der Waals surface area contributed by atoms with Crippen LogP contribution in [0.2, 0.25) is 0 Å². The number of hydrogen-bond donors (Lipinski definition) is 2. The van der Waals surface area contributed by atoms with Gasteiger partial charge in [-0.25, -0.2) is 0 Å². The van der Waals surface area contributed by atoms with E-state index in [2.05, 4.69) is 0 Å². The lowest BCUT2D eigenvalue weighted by atomic mass is 9.89. The number of nitrogens with zero attached hydrogens (tertiary/aromatic N) is 1. The first kappa shape index (κ1) is 22.2. The van der Waals surface area contributed by atoms with Gasteiger partial charge in [0.2, 0.25) is 0 Å². The van der Waals surface area contributed by atoms with Gasteiger partial charge in [0.25, 0.3) is 5.69 Å². The Kier molecular flexibility index (Phi) is 6.19. The van der Waals surface area contributed by atoms with Crippen LogP contribution in [-0.4, -0.2) is 34.6 Å². The lowest BCUT2D eigenvalue weighted by Gasteiger charge is -2.23. The zero-order valence-electron chi connectivity index (χ0n) is 17.6. The Bertz CT molecular complexity index is 1160. The van der Waals surface area contributed by atoms with E-state index < -0.39 is 35.2 Å². The molecule has 168 valence electrons. The SMILES string of the molecule is N[C@@H](CC(=O)O)[C@@H](C(=O)OCC1c2ccccc2-c2ccccc21)c1ccc([N+](=O)[O-])cc1. The van der Waals surface area contributed by atoms with Crippen molar-refractivity contribution in [2.75, 3.05) is 6.61 Å². The molecular formula is C25H22N2O6. The number of esters is 1. The number of rotatable bonds is 8. The predicted molar refractivity (Wildman–Crippen MR) is 121 cm³/mol. The number of carbonyl (C=O) groups is 2. The van der Waals surface area contributed by atoms with Gasteiger partial charge in [0.1, 0.15) is 6.61 Å². The van der Waals surface area contributed by atoms with Gasteiger partial charge in [-0.05, 0) is 27.8 Å². The molecule has 0 radical (unpaired) electrons. The van der Waals surface area contributed by atoms with E-state index in [1.54, 1.807) is 0 Å². The summed E-state index contributed by atoms with van der Waals surface area (Å²) in [6.07, 6.45) is -0.453. The minimum atomic E-state index is -1.15. The molecule has 3 N–H and O–H groups in total. The summed E-state index contributed by atoms with van der Waals surface area (Å²) in [5.74, 6) is -3.05. The van der Waals surface area contributed by atoms with Crippen LogP contribution < -0.4 is 5.73 Å². The summed E-state index contributed by atoms with van der Waals surface area (Å²) in [6.45, 7) is 0.0656. The molecule has 0 heterocycles. The molecule has 33 heavy (non-hydrogen) atoms. The molecule has 0 fully saturated rings. The first-order chi connectivity index (χ1) is 15.9. The fraction of sp³-hybridized carbons (Fsp3) is 0.200. The first-order valence-electron chi connectivity index (χ1n) is 10.4. The quantitative estimate of drug-likeness (QED) is 0.305. The van der Waals surface area contributed by atoms with Crippen molar-refractivity contribution in [3.63, 3.8) is 0 Å². The van der Waals surface area contributed by atoms with E-state index in [9.17, 15) is 24.8 Å². The largest absolute Gasteiger partial charge is 0.481 e. The topological polar surface area (TPSA) is 133 Å². The second kappa shape index (κ2) is 9.22. The number of non-ortho nitro benzene ring substituents is 1. The molecule has 0 bridgehead atoms. The van der Waals surface area contributed by atoms with Crippen LogP contribution in [0.25, 0.3) is 11.1 Å². The second-order valence-corrected chi connectivity index (χ2v) is 7.95. The van der Waals surface area contributed by atoms with Crippen LogP contribution in [-0.2, 0) is 14.3 Å². The van der Waals surface area contributed by atoms with Crippen molar-refractivity contribution < 1.29 is 24.4 Å². The number of fused-ring (bicyclic) bond motifs is 3. The van der Waals surface area contributed by atoms with E-state index in [4.69, 9.17) is 10.5 Å². The Morgan fingerprint density at radius 1 is 0.970 bits per heavy atom. The molecule has 8 nitrogen and oxygen atoms in total. The number of aliphatic carboxylic acids is 1. The number of carbonyl (C=O) groups excluding carboxylic acids is 1. The Hall–Kier alpha value is -4.04. The summed E-state index contributed by atoms with van der Waals surface area (Å²) in [5.41, 5.74) is 10.6. The summed E-state index contributed by atoms with van der Waals surface area (Å²) in [5, 5.41) is 20.1. The third kappa shape index (κ3) is 4.47. The predicted octanol–water partition coefficient (Wildman–Crippen LogP) is 3.84. The molecule has 0 aliphatic heterocycles. The molecule has 0 amide bonds. The molecule has 4 rings (SSSR count). The number of carboxylic acids is 1. The maximum Gasteiger partial charge on any atom is 0.315 e. The van der Waals surface area contributed by atoms with Gasteiger partial charge in [-0.3, -0.25) is 19.7 Å². The first-order valence-corrected chi connectivity index (χ1v) is 10.4. The Morgan fingerprint density at radius 2 is 1.52 bits per heavy atom. The van der Waals surface area contributed by atoms with Gasteiger partial charge in [-0.1, -0.05) is 60.7 Å². The van der Waals surface area contributed by atoms with Crippen molar-refractivity contribution in [2.24, 2.45) is 5.73 Å². The van der Waals surface area contributed by atoms with Crippen molar-refractivity contribution in [1.29, 1.82) is 0 Å². The number of benzene rings is 3. The summed E-state index contributed by atoms with van der Waals surface area (Å²) < 4.78 is 5.69. The van der Waals surface area contributed by atoms with Gasteiger partial charge >= 0.3 is 11.9 Å². The second-order valence-electron chi connectivity index (χ2n) is 7.95. The molecule has 1 aliphatic carbocycles. The Morgan fingerprint density at radius 3 is 2.03 bits per heavy atom. The van der Waals surface area contributed by atoms with E-state index in [-0.39, 0.29) is 18.2 Å². The van der Waals surface area contributed by atoms with E-state index in [1.807, 2.05) is 48.5 Å². The van der Waals surface area contributed by atoms with Gasteiger partial charge < -0.3 is 15.6 Å². The molecule has 0 aromatic heterocycles. The van der Waals surface area contributed by atoms with E-state index in [1.165, 1.54) is 24.3 Å². The van der Waals surface area contributed by atoms with Crippen molar-refractivity contribution in [3.8, 4) is 11.1 Å². The highest BCUT2D eigenvalue weighted by atomic mass is 16.6. The third-order valence-electron chi connectivity index (χ3n) is 5.91. The molecular weight excluding hydrogens is 424 g/mol. The van der Waals surface area contributed by atoms with Crippen LogP contribution in [0.5, 0.6) is 0 Å². The number of nitro benzene ring substituents is 1. The molecule has 0 unspecified atom stereocenters. The summed E-state index contributed by atoms with van der Waals surface area (Å²) in [4.78, 5) is 34.8. The van der Waals surface area contributed by atoms with Gasteiger partial charge in [0, 0.05) is 24.1 Å². The maximum absolute atomic E-state index is 13.1. The van der Waals surface area contributed by atoms with Crippen molar-refractivity contribution in [3.05, 3.63) is 99.6 Å². The zero-order valence-corrected chi connectivity index (χ0v) is 17.6. The molecule has 8 heteroatoms.